The molecule has 0 aliphatic carbocycles. The number of aromatic carboxylic acids is 1. The minimum atomic E-state index is -1.08. The average Bonchev–Trinajstić information content (AvgIpc) is 2.68. The van der Waals surface area contributed by atoms with Gasteiger partial charge in [0.2, 0.25) is 11.8 Å². The van der Waals surface area contributed by atoms with E-state index in [0.717, 1.165) is 11.1 Å². The van der Waals surface area contributed by atoms with Gasteiger partial charge >= 0.3 is 5.97 Å². The van der Waals surface area contributed by atoms with E-state index in [9.17, 15) is 14.4 Å². The van der Waals surface area contributed by atoms with Gasteiger partial charge in [0.25, 0.3) is 0 Å². The van der Waals surface area contributed by atoms with E-state index in [4.69, 9.17) is 5.11 Å². The summed E-state index contributed by atoms with van der Waals surface area (Å²) in [6.07, 6.45) is 0.0393. The van der Waals surface area contributed by atoms with Crippen LogP contribution in [-0.4, -0.2) is 45.3 Å². The van der Waals surface area contributed by atoms with E-state index in [1.165, 1.54) is 28.8 Å². The standard InChI is InChI=1S/C21H21N3O4S/c1-12-7-8-16(9-13(12)2)23-21-24(3)18(25)11-17(29-21)19(26)22-15-6-4-5-14(10-15)20(27)28/h4-10,17H,11H2,1-3H3,(H,22,26)(H,27,28)/t17-/m0/s1. The Morgan fingerprint density at radius 1 is 1.17 bits per heavy atom. The maximum absolute atomic E-state index is 12.7. The van der Waals surface area contributed by atoms with Crippen LogP contribution >= 0.6 is 11.8 Å². The van der Waals surface area contributed by atoms with Crippen LogP contribution in [0.25, 0.3) is 0 Å². The van der Waals surface area contributed by atoms with Gasteiger partial charge in [0.1, 0.15) is 5.25 Å². The smallest absolute Gasteiger partial charge is 0.335 e. The van der Waals surface area contributed by atoms with Crippen LogP contribution in [0.3, 0.4) is 0 Å². The molecule has 29 heavy (non-hydrogen) atoms. The Labute approximate surface area is 172 Å². The number of nitrogens with zero attached hydrogens (tertiary/aromatic N) is 2. The summed E-state index contributed by atoms with van der Waals surface area (Å²) in [5, 5.41) is 11.6. The third-order valence-corrected chi connectivity index (χ3v) is 5.89. The van der Waals surface area contributed by atoms with E-state index in [1.807, 2.05) is 32.0 Å². The molecule has 2 N–H and O–H groups in total. The fourth-order valence-electron chi connectivity index (χ4n) is 2.76. The molecule has 0 spiro atoms. The third kappa shape index (κ3) is 4.83. The minimum absolute atomic E-state index is 0.0393. The Morgan fingerprint density at radius 3 is 2.62 bits per heavy atom. The van der Waals surface area contributed by atoms with E-state index in [0.29, 0.717) is 16.5 Å². The molecule has 1 saturated heterocycles. The number of anilines is 1. The number of hydrogen-bond acceptors (Lipinski definition) is 5. The van der Waals surface area contributed by atoms with Crippen LogP contribution in [0.1, 0.15) is 27.9 Å². The number of hydrogen-bond donors (Lipinski definition) is 2. The second-order valence-electron chi connectivity index (χ2n) is 6.80. The van der Waals surface area contributed by atoms with Gasteiger partial charge in [-0.15, -0.1) is 0 Å². The molecule has 0 radical (unpaired) electrons. The first-order valence-electron chi connectivity index (χ1n) is 8.98. The molecule has 150 valence electrons. The number of thioether (sulfide) groups is 1. The van der Waals surface area contributed by atoms with Gasteiger partial charge in [-0.25, -0.2) is 9.79 Å². The predicted octanol–water partition coefficient (Wildman–Crippen LogP) is 3.59. The van der Waals surface area contributed by atoms with Gasteiger partial charge in [-0.2, -0.15) is 0 Å². The van der Waals surface area contributed by atoms with Crippen LogP contribution in [-0.2, 0) is 9.59 Å². The van der Waals surface area contributed by atoms with Gasteiger partial charge in [-0.3, -0.25) is 14.5 Å². The van der Waals surface area contributed by atoms with Gasteiger partial charge in [0, 0.05) is 19.2 Å². The molecule has 0 aromatic heterocycles. The highest BCUT2D eigenvalue weighted by atomic mass is 32.2. The van der Waals surface area contributed by atoms with E-state index < -0.39 is 11.2 Å². The van der Waals surface area contributed by atoms with Crippen molar-refractivity contribution in [2.75, 3.05) is 12.4 Å². The number of carbonyl (C=O) groups excluding carboxylic acids is 2. The quantitative estimate of drug-likeness (QED) is 0.801. The Balaban J connectivity index is 1.79. The molecule has 1 fully saturated rings. The van der Waals surface area contributed by atoms with Crippen LogP contribution in [0.5, 0.6) is 0 Å². The number of benzene rings is 2. The Bertz CT molecular complexity index is 1020. The minimum Gasteiger partial charge on any atom is -0.478 e. The van der Waals surface area contributed by atoms with Crippen molar-refractivity contribution >= 4 is 46.1 Å². The van der Waals surface area contributed by atoms with Crippen LogP contribution < -0.4 is 5.32 Å². The van der Waals surface area contributed by atoms with Gasteiger partial charge in [0.05, 0.1) is 11.3 Å². The van der Waals surface area contributed by atoms with Crippen molar-refractivity contribution in [3.8, 4) is 0 Å². The summed E-state index contributed by atoms with van der Waals surface area (Å²) >= 11 is 1.21. The molecule has 7 nitrogen and oxygen atoms in total. The Hall–Kier alpha value is -3.13. The molecule has 2 aromatic carbocycles. The van der Waals surface area contributed by atoms with E-state index in [2.05, 4.69) is 10.3 Å². The highest BCUT2D eigenvalue weighted by molar-refractivity contribution is 8.15. The monoisotopic (exact) mass is 411 g/mol. The summed E-state index contributed by atoms with van der Waals surface area (Å²) < 4.78 is 0. The fourth-order valence-corrected chi connectivity index (χ4v) is 3.82. The van der Waals surface area contributed by atoms with Crippen LogP contribution in [0.4, 0.5) is 11.4 Å². The fraction of sp³-hybridized carbons (Fsp3) is 0.238. The molecule has 1 atom stereocenters. The second kappa shape index (κ2) is 8.48. The lowest BCUT2D eigenvalue weighted by atomic mass is 10.1. The second-order valence-corrected chi connectivity index (χ2v) is 7.97. The summed E-state index contributed by atoms with van der Waals surface area (Å²) in [6, 6.07) is 11.8. The first-order chi connectivity index (χ1) is 13.7. The predicted molar refractivity (Wildman–Crippen MR) is 114 cm³/mol. The molecule has 1 heterocycles. The zero-order chi connectivity index (χ0) is 21.1. The van der Waals surface area contributed by atoms with Crippen molar-refractivity contribution in [3.63, 3.8) is 0 Å². The number of amidine groups is 1. The van der Waals surface area contributed by atoms with E-state index in [-0.39, 0.29) is 23.8 Å². The van der Waals surface area contributed by atoms with Gasteiger partial charge in [-0.1, -0.05) is 23.9 Å². The lowest BCUT2D eigenvalue weighted by molar-refractivity contribution is -0.128. The van der Waals surface area contributed by atoms with E-state index >= 15 is 0 Å². The van der Waals surface area contributed by atoms with Crippen molar-refractivity contribution in [3.05, 3.63) is 59.2 Å². The molecule has 2 amide bonds. The molecule has 0 unspecified atom stereocenters. The molecule has 0 saturated carbocycles. The Kier molecular flexibility index (Phi) is 6.03. The molecule has 1 aliphatic rings. The number of aliphatic imine (C=N–C) groups is 1. The number of rotatable bonds is 4. The lowest BCUT2D eigenvalue weighted by Crippen LogP contribution is -2.43. The van der Waals surface area contributed by atoms with Crippen LogP contribution in [0.15, 0.2) is 47.5 Å². The SMILES string of the molecule is Cc1ccc(N=C2S[C@H](C(=O)Nc3cccc(C(=O)O)c3)CC(=O)N2C)cc1C. The number of aryl methyl sites for hydroxylation is 2. The first-order valence-corrected chi connectivity index (χ1v) is 9.86. The van der Waals surface area contributed by atoms with Gasteiger partial charge in [0.15, 0.2) is 5.17 Å². The van der Waals surface area contributed by atoms with Crippen molar-refractivity contribution < 1.29 is 19.5 Å². The molecular weight excluding hydrogens is 390 g/mol. The number of amides is 2. The van der Waals surface area contributed by atoms with Gasteiger partial charge < -0.3 is 10.4 Å². The molecule has 3 rings (SSSR count). The van der Waals surface area contributed by atoms with Crippen molar-refractivity contribution in [1.29, 1.82) is 0 Å². The lowest BCUT2D eigenvalue weighted by Gasteiger charge is -2.28. The molecule has 0 bridgehead atoms. The molecular formula is C21H21N3O4S. The number of carbonyl (C=O) groups is 3. The summed E-state index contributed by atoms with van der Waals surface area (Å²) in [5.41, 5.74) is 3.40. The third-order valence-electron chi connectivity index (χ3n) is 4.65. The van der Waals surface area contributed by atoms with Crippen molar-refractivity contribution in [2.24, 2.45) is 4.99 Å². The summed E-state index contributed by atoms with van der Waals surface area (Å²) in [4.78, 5) is 42.2. The topological polar surface area (TPSA) is 99.1 Å². The maximum Gasteiger partial charge on any atom is 0.335 e. The largest absolute Gasteiger partial charge is 0.478 e. The Morgan fingerprint density at radius 2 is 1.93 bits per heavy atom. The van der Waals surface area contributed by atoms with Crippen LogP contribution in [0, 0.1) is 13.8 Å². The average molecular weight is 411 g/mol. The molecule has 2 aromatic rings. The van der Waals surface area contributed by atoms with Gasteiger partial charge in [-0.05, 0) is 55.3 Å². The maximum atomic E-state index is 12.7. The van der Waals surface area contributed by atoms with Crippen LogP contribution in [0.2, 0.25) is 0 Å². The molecule has 8 heteroatoms. The highest BCUT2D eigenvalue weighted by Crippen LogP contribution is 2.29. The van der Waals surface area contributed by atoms with E-state index in [1.54, 1.807) is 19.2 Å². The number of nitrogens with one attached hydrogen (secondary N) is 1. The zero-order valence-corrected chi connectivity index (χ0v) is 17.1. The highest BCUT2D eigenvalue weighted by Gasteiger charge is 2.34. The zero-order valence-electron chi connectivity index (χ0n) is 16.3. The normalized spacial score (nSPS) is 18.0. The summed E-state index contributed by atoms with van der Waals surface area (Å²) in [5.74, 6) is -1.65. The van der Waals surface area contributed by atoms with Crippen molar-refractivity contribution in [2.45, 2.75) is 25.5 Å². The first kappa shape index (κ1) is 20.6. The number of carboxylic acids is 1. The summed E-state index contributed by atoms with van der Waals surface area (Å²) in [7, 11) is 1.64. The summed E-state index contributed by atoms with van der Waals surface area (Å²) in [6.45, 7) is 4.00. The number of carboxylic acid groups (broad SMARTS) is 1. The van der Waals surface area contributed by atoms with Crippen molar-refractivity contribution in [1.82, 2.24) is 4.90 Å². The molecule has 1 aliphatic heterocycles.